The maximum absolute atomic E-state index is 3.53. The first-order chi connectivity index (χ1) is 7.42. The van der Waals surface area contributed by atoms with Crippen LogP contribution in [0.1, 0.15) is 12.8 Å². The Balaban J connectivity index is 1.61. The van der Waals surface area contributed by atoms with Gasteiger partial charge in [-0.1, -0.05) is 0 Å². The maximum atomic E-state index is 3.53. The molecule has 1 aromatic heterocycles. The van der Waals surface area contributed by atoms with Gasteiger partial charge in [0.2, 0.25) is 0 Å². The van der Waals surface area contributed by atoms with Crippen molar-refractivity contribution in [3.05, 3.63) is 11.4 Å². The molecule has 1 unspecified atom stereocenters. The van der Waals surface area contributed by atoms with Crippen LogP contribution >= 0.6 is 23.1 Å². The van der Waals surface area contributed by atoms with Crippen molar-refractivity contribution in [2.24, 2.45) is 0 Å². The lowest BCUT2D eigenvalue weighted by Gasteiger charge is -2.27. The summed E-state index contributed by atoms with van der Waals surface area (Å²) in [5, 5.41) is 6.46. The van der Waals surface area contributed by atoms with Crippen LogP contribution in [-0.4, -0.2) is 36.3 Å². The monoisotopic (exact) mass is 240 g/mol. The summed E-state index contributed by atoms with van der Waals surface area (Å²) in [6, 6.07) is 2.19. The van der Waals surface area contributed by atoms with Crippen molar-refractivity contribution >= 4 is 28.8 Å². The second-order valence-corrected chi connectivity index (χ2v) is 6.74. The third kappa shape index (κ3) is 2.17. The van der Waals surface area contributed by atoms with Gasteiger partial charge < -0.3 is 10.2 Å². The van der Waals surface area contributed by atoms with Crippen molar-refractivity contribution in [3.63, 3.8) is 0 Å². The Morgan fingerprint density at radius 2 is 2.27 bits per heavy atom. The fraction of sp³-hybridized carbons (Fsp3) is 0.636. The van der Waals surface area contributed by atoms with Gasteiger partial charge in [-0.05, 0) is 37.4 Å². The summed E-state index contributed by atoms with van der Waals surface area (Å²) in [6.07, 6.45) is 2.80. The number of anilines is 1. The van der Waals surface area contributed by atoms with E-state index in [0.29, 0.717) is 0 Å². The van der Waals surface area contributed by atoms with Crippen LogP contribution < -0.4 is 5.32 Å². The molecule has 0 spiro atoms. The SMILES string of the molecule is c1cc2c(s1)SC(CN1CCCC1)CN2. The average molecular weight is 240 g/mol. The number of nitrogens with one attached hydrogen (secondary N) is 1. The molecule has 1 saturated heterocycles. The smallest absolute Gasteiger partial charge is 0.0834 e. The Morgan fingerprint density at radius 3 is 3.13 bits per heavy atom. The molecular formula is C11H16N2S2. The third-order valence-corrected chi connectivity index (χ3v) is 5.45. The first-order valence-electron chi connectivity index (χ1n) is 5.62. The molecule has 0 amide bonds. The van der Waals surface area contributed by atoms with Gasteiger partial charge in [0.05, 0.1) is 9.90 Å². The summed E-state index contributed by atoms with van der Waals surface area (Å²) < 4.78 is 1.48. The van der Waals surface area contributed by atoms with E-state index in [1.165, 1.54) is 42.4 Å². The van der Waals surface area contributed by atoms with Gasteiger partial charge in [-0.2, -0.15) is 0 Å². The molecule has 82 valence electrons. The Kier molecular flexibility index (Phi) is 2.90. The zero-order valence-electron chi connectivity index (χ0n) is 8.74. The highest BCUT2D eigenvalue weighted by Crippen LogP contribution is 2.39. The Morgan fingerprint density at radius 1 is 1.40 bits per heavy atom. The number of thiophene rings is 1. The van der Waals surface area contributed by atoms with Crippen molar-refractivity contribution in [2.75, 3.05) is 31.5 Å². The van der Waals surface area contributed by atoms with E-state index < -0.39 is 0 Å². The van der Waals surface area contributed by atoms with Crippen LogP contribution in [0.3, 0.4) is 0 Å². The van der Waals surface area contributed by atoms with Gasteiger partial charge in [-0.3, -0.25) is 0 Å². The fourth-order valence-corrected chi connectivity index (χ4v) is 4.70. The lowest BCUT2D eigenvalue weighted by atomic mass is 10.3. The molecule has 4 heteroatoms. The zero-order valence-corrected chi connectivity index (χ0v) is 10.4. The predicted molar refractivity (Wildman–Crippen MR) is 68.1 cm³/mol. The van der Waals surface area contributed by atoms with E-state index in [9.17, 15) is 0 Å². The first-order valence-corrected chi connectivity index (χ1v) is 7.38. The summed E-state index contributed by atoms with van der Waals surface area (Å²) in [5.74, 6) is 0. The average Bonchev–Trinajstić information content (AvgIpc) is 2.87. The largest absolute Gasteiger partial charge is 0.382 e. The van der Waals surface area contributed by atoms with E-state index in [1.807, 2.05) is 11.3 Å². The lowest BCUT2D eigenvalue weighted by molar-refractivity contribution is 0.341. The summed E-state index contributed by atoms with van der Waals surface area (Å²) >= 11 is 3.93. The molecule has 0 radical (unpaired) electrons. The molecule has 2 nitrogen and oxygen atoms in total. The molecule has 1 atom stereocenters. The number of likely N-dealkylation sites (tertiary alicyclic amines) is 1. The van der Waals surface area contributed by atoms with Gasteiger partial charge in [0, 0.05) is 18.3 Å². The molecule has 0 saturated carbocycles. The van der Waals surface area contributed by atoms with Gasteiger partial charge in [-0.25, -0.2) is 0 Å². The van der Waals surface area contributed by atoms with Crippen LogP contribution in [0.25, 0.3) is 0 Å². The van der Waals surface area contributed by atoms with E-state index in [1.54, 1.807) is 0 Å². The minimum absolute atomic E-state index is 0.745. The molecular weight excluding hydrogens is 224 g/mol. The van der Waals surface area contributed by atoms with Crippen LogP contribution in [0.5, 0.6) is 0 Å². The lowest BCUT2D eigenvalue weighted by Crippen LogP contribution is -2.33. The second-order valence-electron chi connectivity index (χ2n) is 4.25. The standard InChI is InChI=1S/C11H16N2S2/c1-2-5-13(4-1)8-9-7-12-10-3-6-14-11(10)15-9/h3,6,9,12H,1-2,4-5,7-8H2. The van der Waals surface area contributed by atoms with E-state index >= 15 is 0 Å². The highest BCUT2D eigenvalue weighted by molar-refractivity contribution is 8.02. The minimum atomic E-state index is 0.745. The molecule has 0 aliphatic carbocycles. The molecule has 3 rings (SSSR count). The molecule has 1 fully saturated rings. The van der Waals surface area contributed by atoms with Crippen LogP contribution in [0.2, 0.25) is 0 Å². The van der Waals surface area contributed by atoms with Gasteiger partial charge in [0.1, 0.15) is 0 Å². The topological polar surface area (TPSA) is 15.3 Å². The molecule has 2 aliphatic rings. The number of nitrogens with zero attached hydrogens (tertiary/aromatic N) is 1. The molecule has 2 aliphatic heterocycles. The molecule has 0 aromatic carbocycles. The highest BCUT2D eigenvalue weighted by atomic mass is 32.2. The Hall–Kier alpha value is -0.190. The van der Waals surface area contributed by atoms with Gasteiger partial charge in [0.25, 0.3) is 0 Å². The Bertz CT molecular complexity index is 331. The van der Waals surface area contributed by atoms with Crippen LogP contribution in [0.4, 0.5) is 5.69 Å². The minimum Gasteiger partial charge on any atom is -0.382 e. The fourth-order valence-electron chi connectivity index (χ4n) is 2.29. The number of fused-ring (bicyclic) bond motifs is 1. The van der Waals surface area contributed by atoms with Crippen molar-refractivity contribution in [2.45, 2.75) is 22.3 Å². The zero-order chi connectivity index (χ0) is 10.1. The molecule has 1 N–H and O–H groups in total. The molecule has 0 bridgehead atoms. The quantitative estimate of drug-likeness (QED) is 0.855. The van der Waals surface area contributed by atoms with Crippen LogP contribution in [0, 0.1) is 0 Å². The van der Waals surface area contributed by atoms with Crippen molar-refractivity contribution in [1.82, 2.24) is 4.90 Å². The summed E-state index contributed by atoms with van der Waals surface area (Å²) in [7, 11) is 0. The van der Waals surface area contributed by atoms with Crippen molar-refractivity contribution < 1.29 is 0 Å². The van der Waals surface area contributed by atoms with Gasteiger partial charge >= 0.3 is 0 Å². The van der Waals surface area contributed by atoms with E-state index in [4.69, 9.17) is 0 Å². The van der Waals surface area contributed by atoms with Crippen LogP contribution in [0.15, 0.2) is 15.7 Å². The summed E-state index contributed by atoms with van der Waals surface area (Å²) in [6.45, 7) is 5.02. The Labute approximate surface area is 99.0 Å². The molecule has 1 aromatic rings. The molecule has 3 heterocycles. The van der Waals surface area contributed by atoms with E-state index in [2.05, 4.69) is 33.4 Å². The third-order valence-electron chi connectivity index (χ3n) is 3.08. The normalized spacial score (nSPS) is 26.3. The second kappa shape index (κ2) is 4.36. The number of rotatable bonds is 2. The predicted octanol–water partition coefficient (Wildman–Crippen LogP) is 2.73. The first kappa shape index (κ1) is 10.00. The molecule has 15 heavy (non-hydrogen) atoms. The van der Waals surface area contributed by atoms with E-state index in [-0.39, 0.29) is 0 Å². The summed E-state index contributed by atoms with van der Waals surface area (Å²) in [4.78, 5) is 2.61. The summed E-state index contributed by atoms with van der Waals surface area (Å²) in [5.41, 5.74) is 1.35. The van der Waals surface area contributed by atoms with Gasteiger partial charge in [0.15, 0.2) is 0 Å². The number of hydrogen-bond acceptors (Lipinski definition) is 4. The number of thioether (sulfide) groups is 1. The van der Waals surface area contributed by atoms with Crippen molar-refractivity contribution in [3.8, 4) is 0 Å². The number of hydrogen-bond donors (Lipinski definition) is 1. The van der Waals surface area contributed by atoms with E-state index in [0.717, 1.165) is 11.8 Å². The van der Waals surface area contributed by atoms with Crippen molar-refractivity contribution in [1.29, 1.82) is 0 Å². The van der Waals surface area contributed by atoms with Gasteiger partial charge in [-0.15, -0.1) is 23.1 Å². The highest BCUT2D eigenvalue weighted by Gasteiger charge is 2.23. The van der Waals surface area contributed by atoms with Crippen LogP contribution in [-0.2, 0) is 0 Å². The maximum Gasteiger partial charge on any atom is 0.0834 e.